The predicted octanol–water partition coefficient (Wildman–Crippen LogP) is 3.20. The van der Waals surface area contributed by atoms with Gasteiger partial charge in [0.2, 0.25) is 0 Å². The Morgan fingerprint density at radius 2 is 2.08 bits per heavy atom. The highest BCUT2D eigenvalue weighted by atomic mass is 127. The Hall–Kier alpha value is -0.480. The lowest BCUT2D eigenvalue weighted by molar-refractivity contribution is 0.0954. The van der Waals surface area contributed by atoms with Crippen LogP contribution in [0.4, 0.5) is 0 Å². The molecule has 1 fully saturated rings. The summed E-state index contributed by atoms with van der Waals surface area (Å²) in [5.74, 6) is 1.94. The number of thioether (sulfide) groups is 1. The first-order valence-corrected chi connectivity index (χ1v) is 9.82. The standard InChI is InChI=1S/C17H25BrN4OS.HI/c1-17(2)12-22(9-10-24-17)16(19-3)21-8-7-20-15(23)13-5-4-6-14(18)11-13;/h4-6,11H,7-10,12H2,1-3H3,(H,19,21)(H,20,23);1H. The molecule has 1 saturated heterocycles. The number of rotatable bonds is 4. The SMILES string of the molecule is CN=C(NCCNC(=O)c1cccc(Br)c1)N1CCSC(C)(C)C1.I. The topological polar surface area (TPSA) is 56.7 Å². The Morgan fingerprint density at radius 3 is 2.72 bits per heavy atom. The molecule has 0 unspecified atom stereocenters. The van der Waals surface area contributed by atoms with E-state index >= 15 is 0 Å². The van der Waals surface area contributed by atoms with E-state index < -0.39 is 0 Å². The fourth-order valence-electron chi connectivity index (χ4n) is 2.61. The molecule has 5 nitrogen and oxygen atoms in total. The van der Waals surface area contributed by atoms with Crippen LogP contribution in [0.1, 0.15) is 24.2 Å². The van der Waals surface area contributed by atoms with E-state index in [2.05, 4.69) is 50.3 Å². The first kappa shape index (κ1) is 22.6. The fraction of sp³-hybridized carbons (Fsp3) is 0.529. The molecule has 1 aromatic rings. The molecule has 1 heterocycles. The first-order valence-electron chi connectivity index (χ1n) is 8.04. The van der Waals surface area contributed by atoms with Crippen molar-refractivity contribution in [2.45, 2.75) is 18.6 Å². The average Bonchev–Trinajstić information content (AvgIpc) is 2.53. The molecular formula is C17H26BrIN4OS. The zero-order valence-corrected chi connectivity index (χ0v) is 19.6. The average molecular weight is 541 g/mol. The number of benzene rings is 1. The number of hydrogen-bond acceptors (Lipinski definition) is 3. The summed E-state index contributed by atoms with van der Waals surface area (Å²) in [5, 5.41) is 6.26. The predicted molar refractivity (Wildman–Crippen MR) is 121 cm³/mol. The Kier molecular flexibility index (Phi) is 9.58. The Balaban J connectivity index is 0.00000312. The maximum atomic E-state index is 12.1. The zero-order chi connectivity index (χ0) is 17.6. The van der Waals surface area contributed by atoms with E-state index in [0.29, 0.717) is 18.7 Å². The van der Waals surface area contributed by atoms with Crippen molar-refractivity contribution in [3.8, 4) is 0 Å². The fourth-order valence-corrected chi connectivity index (χ4v) is 4.12. The van der Waals surface area contributed by atoms with Crippen LogP contribution in [-0.4, -0.2) is 60.5 Å². The molecule has 2 rings (SSSR count). The van der Waals surface area contributed by atoms with Gasteiger partial charge in [-0.25, -0.2) is 0 Å². The van der Waals surface area contributed by atoms with Gasteiger partial charge in [0.25, 0.3) is 5.91 Å². The van der Waals surface area contributed by atoms with Crippen molar-refractivity contribution in [2.75, 3.05) is 39.0 Å². The van der Waals surface area contributed by atoms with Gasteiger partial charge < -0.3 is 15.5 Å². The van der Waals surface area contributed by atoms with Gasteiger partial charge in [0.1, 0.15) is 0 Å². The highest BCUT2D eigenvalue weighted by molar-refractivity contribution is 14.0. The van der Waals surface area contributed by atoms with Crippen LogP contribution < -0.4 is 10.6 Å². The molecule has 1 aliphatic heterocycles. The molecule has 1 aromatic carbocycles. The minimum atomic E-state index is -0.0661. The largest absolute Gasteiger partial charge is 0.354 e. The zero-order valence-electron chi connectivity index (χ0n) is 14.8. The summed E-state index contributed by atoms with van der Waals surface area (Å²) >= 11 is 5.38. The van der Waals surface area contributed by atoms with Crippen molar-refractivity contribution in [3.05, 3.63) is 34.3 Å². The van der Waals surface area contributed by atoms with Crippen LogP contribution in [0.3, 0.4) is 0 Å². The molecule has 0 bridgehead atoms. The molecule has 1 aliphatic rings. The molecule has 8 heteroatoms. The summed E-state index contributed by atoms with van der Waals surface area (Å²) in [7, 11) is 1.80. The lowest BCUT2D eigenvalue weighted by atomic mass is 10.2. The van der Waals surface area contributed by atoms with Gasteiger partial charge in [-0.1, -0.05) is 22.0 Å². The highest BCUT2D eigenvalue weighted by Gasteiger charge is 2.28. The molecule has 0 aromatic heterocycles. The van der Waals surface area contributed by atoms with Crippen molar-refractivity contribution >= 4 is 63.5 Å². The van der Waals surface area contributed by atoms with Crippen LogP contribution in [0.2, 0.25) is 0 Å². The summed E-state index contributed by atoms with van der Waals surface area (Å²) in [6, 6.07) is 7.38. The summed E-state index contributed by atoms with van der Waals surface area (Å²) in [6.45, 7) is 7.69. The van der Waals surface area contributed by atoms with Gasteiger partial charge in [0.05, 0.1) is 0 Å². The Bertz CT molecular complexity index is 612. The Labute approximate surface area is 179 Å². The number of hydrogen-bond donors (Lipinski definition) is 2. The van der Waals surface area contributed by atoms with Crippen LogP contribution in [0.5, 0.6) is 0 Å². The second-order valence-electron chi connectivity index (χ2n) is 6.27. The lowest BCUT2D eigenvalue weighted by Crippen LogP contribution is -2.51. The molecule has 140 valence electrons. The van der Waals surface area contributed by atoms with Crippen LogP contribution in [0.25, 0.3) is 0 Å². The molecule has 0 atom stereocenters. The number of halogens is 2. The van der Waals surface area contributed by atoms with Crippen molar-refractivity contribution in [1.29, 1.82) is 0 Å². The minimum absolute atomic E-state index is 0. The normalized spacial score (nSPS) is 16.8. The van der Waals surface area contributed by atoms with Gasteiger partial charge in [-0.3, -0.25) is 9.79 Å². The molecule has 0 saturated carbocycles. The van der Waals surface area contributed by atoms with E-state index in [4.69, 9.17) is 0 Å². The van der Waals surface area contributed by atoms with E-state index in [9.17, 15) is 4.79 Å². The smallest absolute Gasteiger partial charge is 0.251 e. The molecule has 25 heavy (non-hydrogen) atoms. The van der Waals surface area contributed by atoms with E-state index in [-0.39, 0.29) is 34.6 Å². The van der Waals surface area contributed by atoms with Crippen molar-refractivity contribution in [2.24, 2.45) is 4.99 Å². The second kappa shape index (κ2) is 10.6. The van der Waals surface area contributed by atoms with Crippen LogP contribution in [0, 0.1) is 0 Å². The molecule has 0 aliphatic carbocycles. The third-order valence-electron chi connectivity index (χ3n) is 3.72. The van der Waals surface area contributed by atoms with Crippen molar-refractivity contribution in [3.63, 3.8) is 0 Å². The van der Waals surface area contributed by atoms with E-state index in [0.717, 1.165) is 29.3 Å². The van der Waals surface area contributed by atoms with E-state index in [1.807, 2.05) is 30.0 Å². The summed E-state index contributed by atoms with van der Waals surface area (Å²) < 4.78 is 1.14. The number of carbonyl (C=O) groups excluding carboxylic acids is 1. The minimum Gasteiger partial charge on any atom is -0.354 e. The van der Waals surface area contributed by atoms with Gasteiger partial charge in [-0.05, 0) is 32.0 Å². The summed E-state index contributed by atoms with van der Waals surface area (Å²) in [4.78, 5) is 18.7. The maximum absolute atomic E-state index is 12.1. The molecular weight excluding hydrogens is 515 g/mol. The van der Waals surface area contributed by atoms with E-state index in [1.54, 1.807) is 13.1 Å². The van der Waals surface area contributed by atoms with Crippen molar-refractivity contribution < 1.29 is 4.79 Å². The number of carbonyl (C=O) groups is 1. The van der Waals surface area contributed by atoms with E-state index in [1.165, 1.54) is 0 Å². The first-order chi connectivity index (χ1) is 11.4. The highest BCUT2D eigenvalue weighted by Crippen LogP contribution is 2.29. The maximum Gasteiger partial charge on any atom is 0.251 e. The summed E-state index contributed by atoms with van der Waals surface area (Å²) in [6.07, 6.45) is 0. The van der Waals surface area contributed by atoms with Gasteiger partial charge in [-0.15, -0.1) is 24.0 Å². The van der Waals surface area contributed by atoms with Gasteiger partial charge in [0.15, 0.2) is 5.96 Å². The van der Waals surface area contributed by atoms with Crippen LogP contribution >= 0.6 is 51.7 Å². The molecule has 0 spiro atoms. The van der Waals surface area contributed by atoms with Gasteiger partial charge in [-0.2, -0.15) is 11.8 Å². The van der Waals surface area contributed by atoms with Crippen LogP contribution in [0.15, 0.2) is 33.7 Å². The number of nitrogens with zero attached hydrogens (tertiary/aromatic N) is 2. The number of amides is 1. The lowest BCUT2D eigenvalue weighted by Gasteiger charge is -2.39. The molecule has 0 radical (unpaired) electrons. The van der Waals surface area contributed by atoms with Crippen molar-refractivity contribution in [1.82, 2.24) is 15.5 Å². The number of nitrogens with one attached hydrogen (secondary N) is 2. The monoisotopic (exact) mass is 540 g/mol. The van der Waals surface area contributed by atoms with Gasteiger partial charge >= 0.3 is 0 Å². The Morgan fingerprint density at radius 1 is 1.36 bits per heavy atom. The number of aliphatic imine (C=N–C) groups is 1. The number of guanidine groups is 1. The van der Waals surface area contributed by atoms with Crippen LogP contribution in [-0.2, 0) is 0 Å². The summed E-state index contributed by atoms with van der Waals surface area (Å²) in [5.41, 5.74) is 0.656. The molecule has 1 amide bonds. The second-order valence-corrected chi connectivity index (χ2v) is 8.99. The van der Waals surface area contributed by atoms with Gasteiger partial charge in [0, 0.05) is 53.8 Å². The molecule has 2 N–H and O–H groups in total. The quantitative estimate of drug-likeness (QED) is 0.266. The third kappa shape index (κ3) is 7.34. The third-order valence-corrected chi connectivity index (χ3v) is 5.51.